The molecule has 1 heterocycles. The van der Waals surface area contributed by atoms with Crippen LogP contribution < -0.4 is 4.74 Å². The number of alkyl halides is 3. The maximum absolute atomic E-state index is 12.9. The van der Waals surface area contributed by atoms with E-state index in [1.54, 1.807) is 6.92 Å². The van der Waals surface area contributed by atoms with Gasteiger partial charge in [-0.05, 0) is 61.5 Å². The topological polar surface area (TPSA) is 116 Å². The molecule has 0 saturated carbocycles. The number of esters is 1. The molecule has 1 aliphatic heterocycles. The van der Waals surface area contributed by atoms with Gasteiger partial charge in [0.1, 0.15) is 11.8 Å². The quantitative estimate of drug-likeness (QED) is 0.211. The molecule has 0 N–H and O–H groups in total. The number of nitrogens with zero attached hydrogens (tertiary/aromatic N) is 2. The molecular weight excluding hydrogens is 493 g/mol. The highest BCUT2D eigenvalue weighted by Gasteiger charge is 2.41. The van der Waals surface area contributed by atoms with Crippen LogP contribution in [-0.2, 0) is 20.5 Å². The maximum Gasteiger partial charge on any atom is 0.416 e. The van der Waals surface area contributed by atoms with Gasteiger partial charge in [-0.1, -0.05) is 12.1 Å². The Bertz CT molecular complexity index is 1210. The lowest BCUT2D eigenvalue weighted by Crippen LogP contribution is -2.42. The van der Waals surface area contributed by atoms with E-state index in [2.05, 4.69) is 0 Å². The number of halogens is 3. The third-order valence-electron chi connectivity index (χ3n) is 4.73. The Kier molecular flexibility index (Phi) is 7.48. The van der Waals surface area contributed by atoms with Crippen molar-refractivity contribution < 1.29 is 42.0 Å². The van der Waals surface area contributed by atoms with Gasteiger partial charge in [0.05, 0.1) is 22.0 Å². The lowest BCUT2D eigenvalue weighted by Gasteiger charge is -2.19. The summed E-state index contributed by atoms with van der Waals surface area (Å²) in [7, 11) is 0. The van der Waals surface area contributed by atoms with E-state index in [9.17, 15) is 37.7 Å². The van der Waals surface area contributed by atoms with E-state index in [1.807, 2.05) is 0 Å². The van der Waals surface area contributed by atoms with Crippen molar-refractivity contribution in [1.29, 1.82) is 0 Å². The second-order valence-electron chi connectivity index (χ2n) is 7.09. The molecule has 13 heteroatoms. The summed E-state index contributed by atoms with van der Waals surface area (Å²) >= 11 is 0.648. The molecule has 2 aromatic rings. The van der Waals surface area contributed by atoms with Crippen molar-refractivity contribution in [2.24, 2.45) is 0 Å². The van der Waals surface area contributed by atoms with E-state index in [4.69, 9.17) is 9.47 Å². The Morgan fingerprint density at radius 3 is 2.43 bits per heavy atom. The number of ether oxygens (including phenoxy) is 2. The molecule has 0 aliphatic carbocycles. The molecule has 1 saturated heterocycles. The van der Waals surface area contributed by atoms with Gasteiger partial charge in [-0.25, -0.2) is 4.79 Å². The van der Waals surface area contributed by atoms with Crippen LogP contribution in [-0.4, -0.2) is 39.6 Å². The Labute approximate surface area is 200 Å². The number of amides is 2. The Morgan fingerprint density at radius 1 is 1.20 bits per heavy atom. The van der Waals surface area contributed by atoms with Gasteiger partial charge in [0.15, 0.2) is 0 Å². The van der Waals surface area contributed by atoms with Gasteiger partial charge in [-0.2, -0.15) is 13.2 Å². The molecule has 0 aromatic heterocycles. The maximum atomic E-state index is 12.9. The van der Waals surface area contributed by atoms with Crippen molar-refractivity contribution in [3.63, 3.8) is 0 Å². The number of benzene rings is 2. The number of thioether (sulfide) groups is 1. The number of imide groups is 1. The monoisotopic (exact) mass is 510 g/mol. The summed E-state index contributed by atoms with van der Waals surface area (Å²) in [6.07, 6.45) is -3.34. The minimum atomic E-state index is -4.75. The van der Waals surface area contributed by atoms with Crippen molar-refractivity contribution in [1.82, 2.24) is 4.90 Å². The van der Waals surface area contributed by atoms with Crippen LogP contribution in [0.1, 0.15) is 25.0 Å². The summed E-state index contributed by atoms with van der Waals surface area (Å²) in [5.41, 5.74) is -1.57. The zero-order valence-electron chi connectivity index (χ0n) is 18.2. The van der Waals surface area contributed by atoms with Gasteiger partial charge in [-0.3, -0.25) is 24.6 Å². The summed E-state index contributed by atoms with van der Waals surface area (Å²) in [5, 5.41) is 10.6. The minimum Gasteiger partial charge on any atom is -0.464 e. The average Bonchev–Trinajstić information content (AvgIpc) is 3.06. The number of nitro benzene ring substituents is 1. The molecule has 3 rings (SSSR count). The zero-order valence-corrected chi connectivity index (χ0v) is 19.0. The molecule has 9 nitrogen and oxygen atoms in total. The third kappa shape index (κ3) is 5.80. The lowest BCUT2D eigenvalue weighted by molar-refractivity contribution is -0.385. The highest BCUT2D eigenvalue weighted by Crippen LogP contribution is 2.38. The number of nitro groups is 1. The highest BCUT2D eigenvalue weighted by molar-refractivity contribution is 8.18. The average molecular weight is 510 g/mol. The van der Waals surface area contributed by atoms with Gasteiger partial charge in [0.2, 0.25) is 5.75 Å². The van der Waals surface area contributed by atoms with Gasteiger partial charge in [0, 0.05) is 6.07 Å². The lowest BCUT2D eigenvalue weighted by atomic mass is 10.1. The molecule has 0 spiro atoms. The van der Waals surface area contributed by atoms with Gasteiger partial charge in [0.25, 0.3) is 11.1 Å². The van der Waals surface area contributed by atoms with Crippen LogP contribution >= 0.6 is 11.8 Å². The predicted octanol–water partition coefficient (Wildman–Crippen LogP) is 5.39. The molecule has 35 heavy (non-hydrogen) atoms. The van der Waals surface area contributed by atoms with Crippen LogP contribution in [0, 0.1) is 10.1 Å². The van der Waals surface area contributed by atoms with E-state index in [0.717, 1.165) is 11.0 Å². The van der Waals surface area contributed by atoms with Gasteiger partial charge in [-0.15, -0.1) is 0 Å². The van der Waals surface area contributed by atoms with E-state index in [1.165, 1.54) is 37.3 Å². The number of rotatable bonds is 7. The molecular formula is C22H17F3N2O7S. The molecule has 184 valence electrons. The van der Waals surface area contributed by atoms with E-state index in [-0.39, 0.29) is 23.0 Å². The fraction of sp³-hybridized carbons (Fsp3) is 0.227. The summed E-state index contributed by atoms with van der Waals surface area (Å²) < 4.78 is 48.8. The van der Waals surface area contributed by atoms with Gasteiger partial charge >= 0.3 is 17.8 Å². The highest BCUT2D eigenvalue weighted by atomic mass is 32.2. The number of carbonyl (C=O) groups excluding carboxylic acids is 3. The first kappa shape index (κ1) is 25.7. The zero-order chi connectivity index (χ0) is 25.9. The van der Waals surface area contributed by atoms with Crippen molar-refractivity contribution in [3.05, 3.63) is 68.6 Å². The van der Waals surface area contributed by atoms with Crippen LogP contribution in [0.4, 0.5) is 23.7 Å². The van der Waals surface area contributed by atoms with E-state index < -0.39 is 45.5 Å². The molecule has 0 radical (unpaired) electrons. The first-order chi connectivity index (χ1) is 16.4. The molecule has 0 unspecified atom stereocenters. The van der Waals surface area contributed by atoms with E-state index in [0.29, 0.717) is 29.5 Å². The molecule has 1 aliphatic rings. The molecule has 2 amide bonds. The smallest absolute Gasteiger partial charge is 0.416 e. The van der Waals surface area contributed by atoms with Crippen LogP contribution in [0.5, 0.6) is 11.5 Å². The van der Waals surface area contributed by atoms with Crippen molar-refractivity contribution in [3.8, 4) is 11.5 Å². The van der Waals surface area contributed by atoms with Crippen LogP contribution in [0.3, 0.4) is 0 Å². The van der Waals surface area contributed by atoms with Crippen LogP contribution in [0.25, 0.3) is 6.08 Å². The fourth-order valence-corrected chi connectivity index (χ4v) is 3.92. The van der Waals surface area contributed by atoms with Crippen molar-refractivity contribution >= 4 is 40.6 Å². The third-order valence-corrected chi connectivity index (χ3v) is 5.61. The predicted molar refractivity (Wildman–Crippen MR) is 119 cm³/mol. The summed E-state index contributed by atoms with van der Waals surface area (Å²) in [6.45, 7) is 3.07. The minimum absolute atomic E-state index is 0.0678. The standard InChI is InChI=1S/C22H17F3N2O7S/c1-3-33-20(29)12(2)26-19(28)18(35-21(26)30)10-13-4-7-15(8-5-13)34-17-9-6-14(22(23,24)25)11-16(17)27(31)32/h4-12H,3H2,1-2H3/b18-10+/t12-/m1/s1. The largest absolute Gasteiger partial charge is 0.464 e. The SMILES string of the molecule is CCOC(=O)[C@@H](C)N1C(=O)S/C(=C/c2ccc(Oc3ccc(C(F)(F)F)cc3[N+](=O)[O-])cc2)C1=O. The second kappa shape index (κ2) is 10.2. The number of hydrogen-bond donors (Lipinski definition) is 0. The van der Waals surface area contributed by atoms with Crippen molar-refractivity contribution in [2.45, 2.75) is 26.1 Å². The van der Waals surface area contributed by atoms with Crippen LogP contribution in [0.15, 0.2) is 47.4 Å². The fourth-order valence-electron chi connectivity index (χ4n) is 3.02. The van der Waals surface area contributed by atoms with Crippen molar-refractivity contribution in [2.75, 3.05) is 6.61 Å². The number of hydrogen-bond acceptors (Lipinski definition) is 8. The van der Waals surface area contributed by atoms with Gasteiger partial charge < -0.3 is 9.47 Å². The van der Waals surface area contributed by atoms with E-state index >= 15 is 0 Å². The molecule has 0 bridgehead atoms. The Balaban J connectivity index is 1.78. The molecule has 1 atom stereocenters. The summed E-state index contributed by atoms with van der Waals surface area (Å²) in [5.74, 6) is -1.67. The number of carbonyl (C=O) groups is 3. The van der Waals surface area contributed by atoms with Crippen LogP contribution in [0.2, 0.25) is 0 Å². The first-order valence-electron chi connectivity index (χ1n) is 9.99. The summed E-state index contributed by atoms with van der Waals surface area (Å²) in [4.78, 5) is 47.8. The molecule has 1 fully saturated rings. The first-order valence-corrected chi connectivity index (χ1v) is 10.8. The molecule has 2 aromatic carbocycles. The Hall–Kier alpha value is -3.87. The second-order valence-corrected chi connectivity index (χ2v) is 8.08. The Morgan fingerprint density at radius 2 is 1.86 bits per heavy atom. The normalized spacial score (nSPS) is 15.9. The summed E-state index contributed by atoms with van der Waals surface area (Å²) in [6, 6.07) is 6.56.